The number of aromatic nitrogens is 2. The summed E-state index contributed by atoms with van der Waals surface area (Å²) in [5.41, 5.74) is 9.71. The summed E-state index contributed by atoms with van der Waals surface area (Å²) in [6.07, 6.45) is 0. The van der Waals surface area contributed by atoms with E-state index in [4.69, 9.17) is 0 Å². The van der Waals surface area contributed by atoms with Gasteiger partial charge in [-0.15, -0.1) is 11.3 Å². The van der Waals surface area contributed by atoms with Crippen molar-refractivity contribution in [1.82, 2.24) is 9.13 Å². The van der Waals surface area contributed by atoms with Gasteiger partial charge in [0.15, 0.2) is 0 Å². The molecule has 3 aromatic heterocycles. The molecule has 0 aliphatic carbocycles. The predicted octanol–water partition coefficient (Wildman–Crippen LogP) is 13.1. The molecule has 8 aromatic carbocycles. The molecule has 0 radical (unpaired) electrons. The topological polar surface area (TPSA) is 9.86 Å². The third-order valence-electron chi connectivity index (χ3n) is 10.3. The van der Waals surface area contributed by atoms with Gasteiger partial charge in [0.05, 0.1) is 22.1 Å². The Morgan fingerprint density at radius 3 is 1.98 bits per heavy atom. The molecule has 0 fully saturated rings. The van der Waals surface area contributed by atoms with Gasteiger partial charge in [0, 0.05) is 58.5 Å². The lowest BCUT2D eigenvalue weighted by atomic mass is 10.0. The van der Waals surface area contributed by atoms with E-state index >= 15 is 0 Å². The van der Waals surface area contributed by atoms with Gasteiger partial charge >= 0.3 is 0 Å². The summed E-state index contributed by atoms with van der Waals surface area (Å²) in [6, 6.07) is 62.4. The van der Waals surface area contributed by atoms with Gasteiger partial charge in [0.2, 0.25) is 0 Å². The highest BCUT2D eigenvalue weighted by Crippen LogP contribution is 2.43. The van der Waals surface area contributed by atoms with E-state index in [1.807, 2.05) is 11.3 Å². The lowest BCUT2D eigenvalue weighted by Gasteiger charge is -2.12. The fraction of sp³-hybridized carbons (Fsp3) is 0. The van der Waals surface area contributed by atoms with Gasteiger partial charge in [-0.2, -0.15) is 0 Å². The predicted molar refractivity (Wildman–Crippen MR) is 211 cm³/mol. The van der Waals surface area contributed by atoms with Gasteiger partial charge in [-0.1, -0.05) is 121 Å². The van der Waals surface area contributed by atoms with Gasteiger partial charge in [0.25, 0.3) is 0 Å². The number of hydrogen-bond acceptors (Lipinski definition) is 1. The zero-order valence-electron chi connectivity index (χ0n) is 26.5. The molecule has 228 valence electrons. The molecule has 0 saturated heterocycles. The van der Waals surface area contributed by atoms with E-state index < -0.39 is 0 Å². The maximum atomic E-state index is 2.47. The number of nitrogens with zero attached hydrogens (tertiary/aromatic N) is 2. The average Bonchev–Trinajstić information content (AvgIpc) is 3.82. The summed E-state index contributed by atoms with van der Waals surface area (Å²) < 4.78 is 7.59. The molecule has 0 bridgehead atoms. The Morgan fingerprint density at radius 2 is 1.06 bits per heavy atom. The average molecular weight is 641 g/mol. The SMILES string of the molecule is c1ccc(-n2c3cc4c(cc3c3ccc5ccccc5c32)c2ccccc2n4-c2cccc(-c3cccc4c3sc3ccccc34)c2)cc1. The van der Waals surface area contributed by atoms with E-state index in [1.165, 1.54) is 91.4 Å². The molecule has 0 saturated carbocycles. The molecule has 11 rings (SSSR count). The Labute approximate surface area is 286 Å². The summed E-state index contributed by atoms with van der Waals surface area (Å²) in [7, 11) is 0. The van der Waals surface area contributed by atoms with E-state index in [0.717, 1.165) is 5.69 Å². The van der Waals surface area contributed by atoms with Crippen molar-refractivity contribution in [3.05, 3.63) is 170 Å². The van der Waals surface area contributed by atoms with Crippen molar-refractivity contribution in [2.45, 2.75) is 0 Å². The van der Waals surface area contributed by atoms with Crippen LogP contribution >= 0.6 is 11.3 Å². The maximum absolute atomic E-state index is 2.47. The highest BCUT2D eigenvalue weighted by molar-refractivity contribution is 7.26. The van der Waals surface area contributed by atoms with Gasteiger partial charge in [-0.3, -0.25) is 0 Å². The van der Waals surface area contributed by atoms with Crippen LogP contribution in [0.4, 0.5) is 0 Å². The van der Waals surface area contributed by atoms with E-state index in [1.54, 1.807) is 0 Å². The first-order valence-corrected chi connectivity index (χ1v) is 17.6. The van der Waals surface area contributed by atoms with Crippen molar-refractivity contribution in [2.75, 3.05) is 0 Å². The van der Waals surface area contributed by atoms with Crippen LogP contribution in [0.15, 0.2) is 170 Å². The molecule has 0 aliphatic rings. The molecule has 0 unspecified atom stereocenters. The second-order valence-electron chi connectivity index (χ2n) is 12.9. The molecule has 0 N–H and O–H groups in total. The smallest absolute Gasteiger partial charge is 0.0619 e. The minimum Gasteiger partial charge on any atom is -0.309 e. The molecule has 0 atom stereocenters. The summed E-state index contributed by atoms with van der Waals surface area (Å²) >= 11 is 1.89. The Morgan fingerprint density at radius 1 is 0.367 bits per heavy atom. The van der Waals surface area contributed by atoms with Crippen molar-refractivity contribution in [1.29, 1.82) is 0 Å². The van der Waals surface area contributed by atoms with Crippen LogP contribution in [-0.2, 0) is 0 Å². The second-order valence-corrected chi connectivity index (χ2v) is 14.0. The zero-order chi connectivity index (χ0) is 32.1. The van der Waals surface area contributed by atoms with E-state index in [2.05, 4.69) is 179 Å². The third kappa shape index (κ3) is 3.82. The van der Waals surface area contributed by atoms with Crippen molar-refractivity contribution in [3.8, 4) is 22.5 Å². The first-order chi connectivity index (χ1) is 24.3. The van der Waals surface area contributed by atoms with Crippen LogP contribution in [0.5, 0.6) is 0 Å². The van der Waals surface area contributed by atoms with E-state index in [-0.39, 0.29) is 0 Å². The van der Waals surface area contributed by atoms with Gasteiger partial charge in [-0.25, -0.2) is 0 Å². The highest BCUT2D eigenvalue weighted by atomic mass is 32.1. The number of hydrogen-bond donors (Lipinski definition) is 0. The van der Waals surface area contributed by atoms with Crippen LogP contribution in [0.1, 0.15) is 0 Å². The normalized spacial score (nSPS) is 12.1. The molecule has 0 spiro atoms. The zero-order valence-corrected chi connectivity index (χ0v) is 27.3. The fourth-order valence-corrected chi connectivity index (χ4v) is 9.39. The molecule has 0 aliphatic heterocycles. The van der Waals surface area contributed by atoms with Crippen molar-refractivity contribution in [3.63, 3.8) is 0 Å². The van der Waals surface area contributed by atoms with E-state index in [9.17, 15) is 0 Å². The van der Waals surface area contributed by atoms with E-state index in [0.29, 0.717) is 0 Å². The lowest BCUT2D eigenvalue weighted by Crippen LogP contribution is -1.96. The quantitative estimate of drug-likeness (QED) is 0.182. The Hall–Kier alpha value is -6.16. The van der Waals surface area contributed by atoms with Crippen molar-refractivity contribution in [2.24, 2.45) is 0 Å². The maximum Gasteiger partial charge on any atom is 0.0619 e. The molecule has 3 heterocycles. The van der Waals surface area contributed by atoms with Crippen LogP contribution < -0.4 is 0 Å². The number of para-hydroxylation sites is 2. The summed E-state index contributed by atoms with van der Waals surface area (Å²) in [5.74, 6) is 0. The molecule has 49 heavy (non-hydrogen) atoms. The Balaban J connectivity index is 1.23. The van der Waals surface area contributed by atoms with Gasteiger partial charge < -0.3 is 9.13 Å². The fourth-order valence-electron chi connectivity index (χ4n) is 8.15. The second kappa shape index (κ2) is 10.2. The molecular formula is C46H28N2S. The minimum atomic E-state index is 1.16. The summed E-state index contributed by atoms with van der Waals surface area (Å²) in [6.45, 7) is 0. The molecule has 2 nitrogen and oxygen atoms in total. The third-order valence-corrected chi connectivity index (χ3v) is 11.5. The first kappa shape index (κ1) is 26.9. The Bertz CT molecular complexity index is 3100. The monoisotopic (exact) mass is 640 g/mol. The molecule has 3 heteroatoms. The summed E-state index contributed by atoms with van der Waals surface area (Å²) in [4.78, 5) is 0. The minimum absolute atomic E-state index is 1.16. The van der Waals surface area contributed by atoms with Crippen LogP contribution in [0.3, 0.4) is 0 Å². The summed E-state index contributed by atoms with van der Waals surface area (Å²) in [5, 5.41) is 10.2. The largest absolute Gasteiger partial charge is 0.309 e. The van der Waals surface area contributed by atoms with Gasteiger partial charge in [0.1, 0.15) is 0 Å². The lowest BCUT2D eigenvalue weighted by molar-refractivity contribution is 1.17. The van der Waals surface area contributed by atoms with Crippen LogP contribution in [0, 0.1) is 0 Å². The van der Waals surface area contributed by atoms with Crippen LogP contribution in [0.25, 0.3) is 97.1 Å². The Kier molecular flexibility index (Phi) is 5.57. The first-order valence-electron chi connectivity index (χ1n) is 16.8. The van der Waals surface area contributed by atoms with Crippen LogP contribution in [0.2, 0.25) is 0 Å². The number of rotatable bonds is 3. The van der Waals surface area contributed by atoms with Gasteiger partial charge in [-0.05, 0) is 65.0 Å². The molecular weight excluding hydrogens is 613 g/mol. The molecule has 0 amide bonds. The standard InChI is InChI=1S/C46H28N2S/c1-2-14-31(15-3-1)48-43-28-42-39(27-40(43)37-25-24-29-12-4-5-17-33(29)45(37)48)35-18-6-8-22-41(35)47(42)32-16-10-13-30(26-32)34-20-11-21-38-36-19-7-9-23-44(36)49-46(34)38/h1-28H. The number of fused-ring (bicyclic) bond motifs is 11. The van der Waals surface area contributed by atoms with Crippen LogP contribution in [-0.4, -0.2) is 9.13 Å². The highest BCUT2D eigenvalue weighted by Gasteiger charge is 2.20. The number of thiophene rings is 1. The number of benzene rings is 8. The van der Waals surface area contributed by atoms with Crippen molar-refractivity contribution >= 4 is 85.9 Å². The molecule has 11 aromatic rings. The van der Waals surface area contributed by atoms with Crippen molar-refractivity contribution < 1.29 is 0 Å².